The summed E-state index contributed by atoms with van der Waals surface area (Å²) >= 11 is 0. The third-order valence-corrected chi connectivity index (χ3v) is 5.35. The molecule has 2 amide bonds. The van der Waals surface area contributed by atoms with Gasteiger partial charge < -0.3 is 15.5 Å². The van der Waals surface area contributed by atoms with E-state index in [2.05, 4.69) is 16.7 Å². The Labute approximate surface area is 116 Å². The third kappa shape index (κ3) is 2.60. The molecule has 0 bridgehead atoms. The number of likely N-dealkylation sites (tertiary alicyclic amines) is 2. The molecule has 0 radical (unpaired) electrons. The predicted octanol–water partition coefficient (Wildman–Crippen LogP) is 1.90. The number of nitrogens with two attached hydrogens (primary N) is 1. The molecule has 4 unspecified atom stereocenters. The maximum atomic E-state index is 12.6. The van der Waals surface area contributed by atoms with E-state index in [9.17, 15) is 4.79 Å². The molecule has 1 saturated carbocycles. The van der Waals surface area contributed by atoms with E-state index in [0.29, 0.717) is 23.8 Å². The Morgan fingerprint density at radius 3 is 2.63 bits per heavy atom. The molecule has 2 saturated heterocycles. The first kappa shape index (κ1) is 13.2. The summed E-state index contributed by atoms with van der Waals surface area (Å²) in [5.41, 5.74) is 6.23. The smallest absolute Gasteiger partial charge is 0.320 e. The van der Waals surface area contributed by atoms with Crippen LogP contribution in [0.2, 0.25) is 0 Å². The van der Waals surface area contributed by atoms with E-state index in [1.165, 1.54) is 19.3 Å². The Hall–Kier alpha value is -0.770. The topological polar surface area (TPSA) is 49.6 Å². The van der Waals surface area contributed by atoms with Gasteiger partial charge in [-0.15, -0.1) is 0 Å². The van der Waals surface area contributed by atoms with Crippen LogP contribution in [0.3, 0.4) is 0 Å². The second kappa shape index (κ2) is 5.31. The quantitative estimate of drug-likeness (QED) is 0.727. The average Bonchev–Trinajstić information content (AvgIpc) is 2.83. The van der Waals surface area contributed by atoms with Crippen LogP contribution >= 0.6 is 0 Å². The van der Waals surface area contributed by atoms with Crippen molar-refractivity contribution in [3.05, 3.63) is 0 Å². The minimum atomic E-state index is 0.271. The normalized spacial score (nSPS) is 39.3. The summed E-state index contributed by atoms with van der Waals surface area (Å²) in [7, 11) is 0. The zero-order chi connectivity index (χ0) is 13.4. The predicted molar refractivity (Wildman–Crippen MR) is 75.7 cm³/mol. The van der Waals surface area contributed by atoms with Crippen LogP contribution in [0.4, 0.5) is 4.79 Å². The lowest BCUT2D eigenvalue weighted by Crippen LogP contribution is -2.46. The van der Waals surface area contributed by atoms with Crippen LogP contribution in [-0.4, -0.2) is 48.1 Å². The summed E-state index contributed by atoms with van der Waals surface area (Å²) in [6.07, 6.45) is 6.07. The molecule has 1 aliphatic carbocycles. The van der Waals surface area contributed by atoms with Crippen molar-refractivity contribution in [3.8, 4) is 0 Å². The molecular weight excluding hydrogens is 238 g/mol. The molecule has 108 valence electrons. The number of piperidine rings is 1. The lowest BCUT2D eigenvalue weighted by Gasteiger charge is -2.34. The van der Waals surface area contributed by atoms with Gasteiger partial charge >= 0.3 is 6.03 Å². The summed E-state index contributed by atoms with van der Waals surface area (Å²) in [5, 5.41) is 0. The number of rotatable bonds is 0. The highest BCUT2D eigenvalue weighted by atomic mass is 16.2. The molecule has 19 heavy (non-hydrogen) atoms. The molecule has 4 heteroatoms. The van der Waals surface area contributed by atoms with Crippen LogP contribution < -0.4 is 5.73 Å². The van der Waals surface area contributed by atoms with Crippen LogP contribution in [0.25, 0.3) is 0 Å². The number of hydrogen-bond acceptors (Lipinski definition) is 2. The molecule has 2 N–H and O–H groups in total. The SMILES string of the molecule is CC1CCCN(C(=O)N2CC3CCCC(N)C3C2)C1. The van der Waals surface area contributed by atoms with E-state index in [-0.39, 0.29) is 6.03 Å². The van der Waals surface area contributed by atoms with E-state index >= 15 is 0 Å². The zero-order valence-corrected chi connectivity index (χ0v) is 12.1. The second-order valence-electron chi connectivity index (χ2n) is 6.90. The minimum Gasteiger partial charge on any atom is -0.327 e. The van der Waals surface area contributed by atoms with Gasteiger partial charge in [0.05, 0.1) is 0 Å². The highest BCUT2D eigenvalue weighted by Gasteiger charge is 2.41. The zero-order valence-electron chi connectivity index (χ0n) is 12.1. The molecule has 3 fully saturated rings. The van der Waals surface area contributed by atoms with Crippen LogP contribution in [0, 0.1) is 17.8 Å². The number of amides is 2. The van der Waals surface area contributed by atoms with E-state index < -0.39 is 0 Å². The summed E-state index contributed by atoms with van der Waals surface area (Å²) in [4.78, 5) is 16.8. The van der Waals surface area contributed by atoms with Gasteiger partial charge in [-0.3, -0.25) is 0 Å². The largest absolute Gasteiger partial charge is 0.327 e. The average molecular weight is 265 g/mol. The van der Waals surface area contributed by atoms with Gasteiger partial charge in [0.1, 0.15) is 0 Å². The highest BCUT2D eigenvalue weighted by molar-refractivity contribution is 5.75. The fraction of sp³-hybridized carbons (Fsp3) is 0.933. The van der Waals surface area contributed by atoms with Crippen LogP contribution in [0.15, 0.2) is 0 Å². The van der Waals surface area contributed by atoms with Gasteiger partial charge in [0.25, 0.3) is 0 Å². The lowest BCUT2D eigenvalue weighted by atomic mass is 9.78. The first-order valence-corrected chi connectivity index (χ1v) is 7.94. The van der Waals surface area contributed by atoms with Crippen molar-refractivity contribution in [2.45, 2.75) is 45.1 Å². The van der Waals surface area contributed by atoms with E-state index in [0.717, 1.165) is 39.0 Å². The molecule has 3 rings (SSSR count). The van der Waals surface area contributed by atoms with Crippen molar-refractivity contribution < 1.29 is 4.79 Å². The molecule has 0 aromatic carbocycles. The van der Waals surface area contributed by atoms with Crippen LogP contribution in [-0.2, 0) is 0 Å². The Bertz CT molecular complexity index is 346. The number of urea groups is 1. The van der Waals surface area contributed by atoms with Gasteiger partial charge in [-0.25, -0.2) is 4.79 Å². The van der Waals surface area contributed by atoms with Crippen LogP contribution in [0.5, 0.6) is 0 Å². The van der Waals surface area contributed by atoms with Crippen molar-refractivity contribution >= 4 is 6.03 Å². The van der Waals surface area contributed by atoms with Gasteiger partial charge in [0, 0.05) is 32.2 Å². The van der Waals surface area contributed by atoms with E-state index in [4.69, 9.17) is 5.73 Å². The molecule has 0 aromatic heterocycles. The van der Waals surface area contributed by atoms with Gasteiger partial charge in [-0.1, -0.05) is 13.3 Å². The van der Waals surface area contributed by atoms with E-state index in [1.807, 2.05) is 0 Å². The summed E-state index contributed by atoms with van der Waals surface area (Å²) in [6, 6.07) is 0.588. The Kier molecular flexibility index (Phi) is 3.70. The fourth-order valence-corrected chi connectivity index (χ4v) is 4.24. The molecule has 2 aliphatic heterocycles. The molecule has 4 atom stereocenters. The molecule has 3 aliphatic rings. The summed E-state index contributed by atoms with van der Waals surface area (Å²) < 4.78 is 0. The lowest BCUT2D eigenvalue weighted by molar-refractivity contribution is 0.137. The van der Waals surface area contributed by atoms with Crippen molar-refractivity contribution in [1.29, 1.82) is 0 Å². The first-order valence-electron chi connectivity index (χ1n) is 7.94. The maximum absolute atomic E-state index is 12.6. The number of nitrogens with zero attached hydrogens (tertiary/aromatic N) is 2. The summed E-state index contributed by atoms with van der Waals surface area (Å²) in [5.74, 6) is 1.87. The van der Waals surface area contributed by atoms with Gasteiger partial charge in [-0.2, -0.15) is 0 Å². The molecule has 4 nitrogen and oxygen atoms in total. The Balaban J connectivity index is 1.62. The van der Waals surface area contributed by atoms with Crippen molar-refractivity contribution in [2.24, 2.45) is 23.5 Å². The first-order chi connectivity index (χ1) is 9.15. The molecule has 2 heterocycles. The second-order valence-corrected chi connectivity index (χ2v) is 6.90. The summed E-state index contributed by atoms with van der Waals surface area (Å²) in [6.45, 7) is 5.98. The highest BCUT2D eigenvalue weighted by Crippen LogP contribution is 2.36. The van der Waals surface area contributed by atoms with Crippen molar-refractivity contribution in [1.82, 2.24) is 9.80 Å². The van der Waals surface area contributed by atoms with Crippen LogP contribution in [0.1, 0.15) is 39.0 Å². The minimum absolute atomic E-state index is 0.271. The van der Waals surface area contributed by atoms with Crippen molar-refractivity contribution in [2.75, 3.05) is 26.2 Å². The molecule has 0 spiro atoms. The molecule has 0 aromatic rings. The number of carbonyl (C=O) groups is 1. The Morgan fingerprint density at radius 1 is 1.05 bits per heavy atom. The Morgan fingerprint density at radius 2 is 1.89 bits per heavy atom. The standard InChI is InChI=1S/C15H27N3O/c1-11-4-3-7-17(8-11)15(19)18-9-12-5-2-6-14(16)13(12)10-18/h11-14H,2-10,16H2,1H3. The van der Waals surface area contributed by atoms with Gasteiger partial charge in [0.2, 0.25) is 0 Å². The maximum Gasteiger partial charge on any atom is 0.320 e. The molecular formula is C15H27N3O. The number of carbonyl (C=O) groups excluding carboxylic acids is 1. The number of hydrogen-bond donors (Lipinski definition) is 1. The fourth-order valence-electron chi connectivity index (χ4n) is 4.24. The third-order valence-electron chi connectivity index (χ3n) is 5.35. The van der Waals surface area contributed by atoms with E-state index in [1.54, 1.807) is 0 Å². The van der Waals surface area contributed by atoms with Gasteiger partial charge in [0.15, 0.2) is 0 Å². The van der Waals surface area contributed by atoms with Gasteiger partial charge in [-0.05, 0) is 43.4 Å². The number of fused-ring (bicyclic) bond motifs is 1. The monoisotopic (exact) mass is 265 g/mol. The van der Waals surface area contributed by atoms with Crippen molar-refractivity contribution in [3.63, 3.8) is 0 Å².